The maximum Gasteiger partial charge on any atom is 0.293 e. The number of fused-ring (bicyclic) bond motifs is 9. The summed E-state index contributed by atoms with van der Waals surface area (Å²) in [4.78, 5) is 27.3. The standard InChI is InChI=1S/C29H31N3O8S/c1-13-7-15-8-16-17(9-30)32-18(10-38-11-34)20-21(24(35)14(2)27-28(20)40-12-39-27)29(41-6-5-33)23(32)22(31(16)3)19(15)25(36)26(13)37-4/h5,7,11,16-18,22-23,29,35-36H,6,8,10,12H2,1-4H3/t16-,17-,18-,22-,23?,29+/m0/s1. The first-order valence-electron chi connectivity index (χ1n) is 13.3. The molecule has 2 N–H and O–H groups in total. The Morgan fingerprint density at radius 1 is 1.17 bits per heavy atom. The number of carbonyl (C=O) groups excluding carboxylic acids is 2. The van der Waals surface area contributed by atoms with E-state index >= 15 is 0 Å². The Bertz CT molecular complexity index is 1480. The molecule has 41 heavy (non-hydrogen) atoms. The molecule has 0 radical (unpaired) electrons. The molecule has 6 atom stereocenters. The molecule has 12 heteroatoms. The number of phenols is 2. The van der Waals surface area contributed by atoms with Crippen LogP contribution in [-0.2, 0) is 20.7 Å². The highest BCUT2D eigenvalue weighted by Crippen LogP contribution is 2.63. The predicted molar refractivity (Wildman–Crippen MR) is 147 cm³/mol. The van der Waals surface area contributed by atoms with Gasteiger partial charge in [-0.25, -0.2) is 0 Å². The lowest BCUT2D eigenvalue weighted by atomic mass is 9.71. The van der Waals surface area contributed by atoms with Gasteiger partial charge in [0.1, 0.15) is 24.7 Å². The number of likely N-dealkylation sites (N-methyl/N-ethyl adjacent to an activating group) is 1. The maximum absolute atomic E-state index is 11.7. The van der Waals surface area contributed by atoms with Crippen LogP contribution in [0.2, 0.25) is 0 Å². The van der Waals surface area contributed by atoms with Gasteiger partial charge in [0.05, 0.1) is 30.5 Å². The van der Waals surface area contributed by atoms with Crippen molar-refractivity contribution < 1.29 is 38.7 Å². The van der Waals surface area contributed by atoms with Crippen LogP contribution in [-0.4, -0.2) is 84.2 Å². The van der Waals surface area contributed by atoms with Crippen LogP contribution in [0.4, 0.5) is 0 Å². The van der Waals surface area contributed by atoms with E-state index in [1.165, 1.54) is 18.9 Å². The fourth-order valence-electron chi connectivity index (χ4n) is 7.45. The van der Waals surface area contributed by atoms with E-state index in [0.29, 0.717) is 52.4 Å². The van der Waals surface area contributed by atoms with Crippen molar-refractivity contribution in [3.8, 4) is 34.8 Å². The number of carbonyl (C=O) groups is 2. The number of nitriles is 1. The van der Waals surface area contributed by atoms with E-state index < -0.39 is 29.4 Å². The Morgan fingerprint density at radius 3 is 2.61 bits per heavy atom. The number of hydrogen-bond donors (Lipinski definition) is 2. The summed E-state index contributed by atoms with van der Waals surface area (Å²) in [6.07, 6.45) is 1.31. The zero-order valence-electron chi connectivity index (χ0n) is 23.1. The van der Waals surface area contributed by atoms with Gasteiger partial charge in [-0.2, -0.15) is 5.26 Å². The third kappa shape index (κ3) is 3.79. The van der Waals surface area contributed by atoms with Gasteiger partial charge in [-0.15, -0.1) is 11.8 Å². The average molecular weight is 582 g/mol. The first-order valence-corrected chi connectivity index (χ1v) is 14.4. The number of benzene rings is 2. The number of aryl methyl sites for hydroxylation is 1. The molecule has 0 spiro atoms. The van der Waals surface area contributed by atoms with Crippen LogP contribution in [0.5, 0.6) is 28.7 Å². The lowest BCUT2D eigenvalue weighted by molar-refractivity contribution is -0.134. The second-order valence-corrected chi connectivity index (χ2v) is 11.9. The Hall–Kier alpha value is -3.66. The van der Waals surface area contributed by atoms with Crippen molar-refractivity contribution in [2.24, 2.45) is 0 Å². The van der Waals surface area contributed by atoms with Crippen molar-refractivity contribution in [3.05, 3.63) is 39.4 Å². The number of thioether (sulfide) groups is 1. The molecule has 2 aromatic rings. The lowest BCUT2D eigenvalue weighted by Gasteiger charge is -2.61. The number of aromatic hydroxyl groups is 2. The third-order valence-electron chi connectivity index (χ3n) is 8.99. The summed E-state index contributed by atoms with van der Waals surface area (Å²) >= 11 is 1.35. The van der Waals surface area contributed by atoms with Crippen LogP contribution >= 0.6 is 11.8 Å². The zero-order valence-corrected chi connectivity index (χ0v) is 23.9. The Labute approximate surface area is 241 Å². The molecule has 0 aliphatic carbocycles. The van der Waals surface area contributed by atoms with Crippen molar-refractivity contribution in [2.45, 2.75) is 55.7 Å². The summed E-state index contributed by atoms with van der Waals surface area (Å²) in [7, 11) is 3.45. The number of rotatable bonds is 7. The molecule has 11 nitrogen and oxygen atoms in total. The minimum atomic E-state index is -0.672. The highest BCUT2D eigenvalue weighted by molar-refractivity contribution is 8.00. The molecule has 1 saturated heterocycles. The van der Waals surface area contributed by atoms with Crippen LogP contribution in [0.3, 0.4) is 0 Å². The van der Waals surface area contributed by atoms with E-state index in [2.05, 4.69) is 11.0 Å². The van der Waals surface area contributed by atoms with Gasteiger partial charge in [0.25, 0.3) is 6.47 Å². The van der Waals surface area contributed by atoms with Gasteiger partial charge in [0, 0.05) is 40.1 Å². The van der Waals surface area contributed by atoms with Crippen LogP contribution in [0.15, 0.2) is 6.07 Å². The first-order chi connectivity index (χ1) is 19.8. The highest BCUT2D eigenvalue weighted by atomic mass is 32.2. The summed E-state index contributed by atoms with van der Waals surface area (Å²) in [5, 5.41) is 33.4. The Balaban J connectivity index is 1.68. The van der Waals surface area contributed by atoms with Crippen molar-refractivity contribution in [2.75, 3.05) is 33.3 Å². The first kappa shape index (κ1) is 27.5. The van der Waals surface area contributed by atoms with E-state index in [1.54, 1.807) is 6.92 Å². The molecule has 2 bridgehead atoms. The summed E-state index contributed by atoms with van der Waals surface area (Å²) in [5.74, 6) is 1.38. The normalized spacial score (nSPS) is 27.7. The second-order valence-electron chi connectivity index (χ2n) is 10.8. The number of aldehydes is 1. The van der Waals surface area contributed by atoms with E-state index in [9.17, 15) is 25.1 Å². The molecule has 6 rings (SSSR count). The Morgan fingerprint density at radius 2 is 1.93 bits per heavy atom. The Kier molecular flexibility index (Phi) is 6.92. The van der Waals surface area contributed by atoms with Crippen LogP contribution in [0.1, 0.15) is 50.7 Å². The molecule has 0 aromatic heterocycles. The number of nitrogens with zero attached hydrogens (tertiary/aromatic N) is 3. The van der Waals surface area contributed by atoms with E-state index in [1.807, 2.05) is 24.9 Å². The third-order valence-corrected chi connectivity index (χ3v) is 10.2. The van der Waals surface area contributed by atoms with Gasteiger partial charge in [-0.05, 0) is 38.4 Å². The van der Waals surface area contributed by atoms with Gasteiger partial charge in [0.15, 0.2) is 23.0 Å². The van der Waals surface area contributed by atoms with Gasteiger partial charge in [0.2, 0.25) is 6.79 Å². The van der Waals surface area contributed by atoms with E-state index in [0.717, 1.165) is 17.4 Å². The molecule has 4 aliphatic rings. The molecule has 0 amide bonds. The molecule has 2 aromatic carbocycles. The summed E-state index contributed by atoms with van der Waals surface area (Å²) < 4.78 is 22.6. The molecular weight excluding hydrogens is 550 g/mol. The molecule has 4 heterocycles. The fourth-order valence-corrected chi connectivity index (χ4v) is 8.63. The smallest absolute Gasteiger partial charge is 0.293 e. The topological polar surface area (TPSA) is 142 Å². The molecule has 216 valence electrons. The van der Waals surface area contributed by atoms with Crippen LogP contribution in [0, 0.1) is 25.2 Å². The van der Waals surface area contributed by atoms with E-state index in [4.69, 9.17) is 18.9 Å². The number of piperazine rings is 1. The number of phenolic OH excluding ortho intramolecular Hbond substituents is 2. The summed E-state index contributed by atoms with van der Waals surface area (Å²) in [6, 6.07) is 1.95. The second kappa shape index (κ2) is 10.3. The molecule has 0 saturated carbocycles. The molecule has 1 unspecified atom stereocenters. The predicted octanol–water partition coefficient (Wildman–Crippen LogP) is 2.83. The van der Waals surface area contributed by atoms with Gasteiger partial charge in [-0.3, -0.25) is 14.6 Å². The lowest BCUT2D eigenvalue weighted by Crippen LogP contribution is -2.69. The van der Waals surface area contributed by atoms with Gasteiger partial charge >= 0.3 is 0 Å². The summed E-state index contributed by atoms with van der Waals surface area (Å²) in [5.41, 5.74) is 4.02. The van der Waals surface area contributed by atoms with Crippen molar-refractivity contribution in [1.82, 2.24) is 9.80 Å². The number of ether oxygens (including phenoxy) is 4. The molecule has 4 aliphatic heterocycles. The van der Waals surface area contributed by atoms with Gasteiger partial charge < -0.3 is 34.0 Å². The van der Waals surface area contributed by atoms with Crippen LogP contribution in [0.25, 0.3) is 0 Å². The molecular formula is C29H31N3O8S. The highest BCUT2D eigenvalue weighted by Gasteiger charge is 2.60. The zero-order chi connectivity index (χ0) is 29.2. The minimum Gasteiger partial charge on any atom is -0.507 e. The SMILES string of the molecule is COc1c(C)cc2c(c1O)[C@H]1C3[C@H](SCC=O)c4c(O)c(C)c5c(c4[C@H](COC=O)N3[C@@H](C#N)[C@H](C2)N1C)OCO5. The monoisotopic (exact) mass is 581 g/mol. The number of hydrogen-bond acceptors (Lipinski definition) is 12. The van der Waals surface area contributed by atoms with Crippen molar-refractivity contribution in [1.29, 1.82) is 5.26 Å². The number of methoxy groups -OCH3 is 1. The van der Waals surface area contributed by atoms with Gasteiger partial charge in [-0.1, -0.05) is 6.07 Å². The van der Waals surface area contributed by atoms with Crippen LogP contribution < -0.4 is 14.2 Å². The average Bonchev–Trinajstić information content (AvgIpc) is 3.44. The minimum absolute atomic E-state index is 0.00317. The summed E-state index contributed by atoms with van der Waals surface area (Å²) in [6.45, 7) is 3.83. The quantitative estimate of drug-likeness (QED) is 0.464. The molecule has 1 fully saturated rings. The largest absolute Gasteiger partial charge is 0.507 e. The van der Waals surface area contributed by atoms with E-state index in [-0.39, 0.29) is 36.7 Å². The van der Waals surface area contributed by atoms with Crippen molar-refractivity contribution in [3.63, 3.8) is 0 Å². The maximum atomic E-state index is 11.7. The van der Waals surface area contributed by atoms with Crippen molar-refractivity contribution >= 4 is 24.5 Å². The fraction of sp³-hybridized carbons (Fsp3) is 0.483.